The van der Waals surface area contributed by atoms with Crippen LogP contribution in [0, 0.1) is 0 Å². The van der Waals surface area contributed by atoms with E-state index in [9.17, 15) is 13.2 Å². The monoisotopic (exact) mass is 539 g/mol. The number of rotatable bonds is 9. The lowest BCUT2D eigenvalue weighted by molar-refractivity contribution is -0.131. The number of halogens is 1. The number of piperazine rings is 1. The molecule has 194 valence electrons. The van der Waals surface area contributed by atoms with Crippen LogP contribution in [0.3, 0.4) is 0 Å². The van der Waals surface area contributed by atoms with E-state index >= 15 is 0 Å². The fourth-order valence-corrected chi connectivity index (χ4v) is 5.83. The number of benzene rings is 3. The van der Waals surface area contributed by atoms with Gasteiger partial charge in [-0.3, -0.25) is 14.0 Å². The van der Waals surface area contributed by atoms with Crippen molar-refractivity contribution in [1.82, 2.24) is 9.80 Å². The van der Waals surface area contributed by atoms with Crippen molar-refractivity contribution in [2.75, 3.05) is 50.7 Å². The SMILES string of the molecule is COc1ccc(N(CC(=O)N2CCN(C/C=C/c3ccccc3)CC2)S(=O)(=O)c2ccccc2)cc1Cl. The van der Waals surface area contributed by atoms with Crippen LogP contribution in [-0.2, 0) is 14.8 Å². The predicted octanol–water partition coefficient (Wildman–Crippen LogP) is 4.40. The molecule has 9 heteroatoms. The summed E-state index contributed by atoms with van der Waals surface area (Å²) in [7, 11) is -2.52. The Hall–Kier alpha value is -3.33. The molecule has 1 saturated heterocycles. The molecule has 0 spiro atoms. The number of hydrogen-bond donors (Lipinski definition) is 0. The molecule has 0 aromatic heterocycles. The minimum Gasteiger partial charge on any atom is -0.495 e. The third-order valence-electron chi connectivity index (χ3n) is 6.23. The Kier molecular flexibility index (Phi) is 8.87. The van der Waals surface area contributed by atoms with Crippen LogP contribution in [0.25, 0.3) is 6.08 Å². The van der Waals surface area contributed by atoms with Crippen LogP contribution >= 0.6 is 11.6 Å². The molecule has 3 aromatic rings. The topological polar surface area (TPSA) is 70.2 Å². The van der Waals surface area contributed by atoms with E-state index in [1.54, 1.807) is 35.2 Å². The number of methoxy groups -OCH3 is 1. The maximum absolute atomic E-state index is 13.6. The smallest absolute Gasteiger partial charge is 0.264 e. The first-order valence-corrected chi connectivity index (χ1v) is 13.8. The fourth-order valence-electron chi connectivity index (χ4n) is 4.15. The standard InChI is InChI=1S/C28H30ClN3O4S/c1-36-27-15-14-24(21-26(27)29)32(37(34,35)25-12-6-3-7-13-25)22-28(33)31-19-17-30(18-20-31)16-8-11-23-9-4-2-5-10-23/h2-15,21H,16-20,22H2,1H3/b11-8+. The highest BCUT2D eigenvalue weighted by Gasteiger charge is 2.30. The molecular formula is C28H30ClN3O4S. The highest BCUT2D eigenvalue weighted by Crippen LogP contribution is 2.32. The Morgan fingerprint density at radius 3 is 2.24 bits per heavy atom. The van der Waals surface area contributed by atoms with Crippen LogP contribution in [0.5, 0.6) is 5.75 Å². The van der Waals surface area contributed by atoms with Gasteiger partial charge in [0.1, 0.15) is 12.3 Å². The Morgan fingerprint density at radius 1 is 0.973 bits per heavy atom. The largest absolute Gasteiger partial charge is 0.495 e. The maximum Gasteiger partial charge on any atom is 0.264 e. The van der Waals surface area contributed by atoms with Crippen molar-refractivity contribution in [3.8, 4) is 5.75 Å². The molecule has 0 N–H and O–H groups in total. The van der Waals surface area contributed by atoms with E-state index in [1.165, 1.54) is 25.3 Å². The van der Waals surface area contributed by atoms with Crippen LogP contribution < -0.4 is 9.04 Å². The summed E-state index contributed by atoms with van der Waals surface area (Å²) in [6, 6.07) is 22.9. The van der Waals surface area contributed by atoms with Gasteiger partial charge in [-0.1, -0.05) is 72.3 Å². The van der Waals surface area contributed by atoms with E-state index in [0.717, 1.165) is 16.4 Å². The zero-order valence-corrected chi connectivity index (χ0v) is 22.2. The number of hydrogen-bond acceptors (Lipinski definition) is 5. The van der Waals surface area contributed by atoms with Crippen LogP contribution in [0.15, 0.2) is 89.8 Å². The average molecular weight is 540 g/mol. The van der Waals surface area contributed by atoms with Crippen LogP contribution in [-0.4, -0.2) is 70.5 Å². The van der Waals surface area contributed by atoms with Gasteiger partial charge in [-0.15, -0.1) is 0 Å². The van der Waals surface area contributed by atoms with E-state index < -0.39 is 10.0 Å². The molecule has 0 saturated carbocycles. The molecule has 1 aliphatic heterocycles. The number of amides is 1. The first-order valence-electron chi connectivity index (χ1n) is 12.0. The Morgan fingerprint density at radius 2 is 1.62 bits per heavy atom. The van der Waals surface area contributed by atoms with Gasteiger partial charge in [-0.05, 0) is 35.9 Å². The van der Waals surface area contributed by atoms with E-state index in [4.69, 9.17) is 16.3 Å². The fraction of sp³-hybridized carbons (Fsp3) is 0.250. The minimum atomic E-state index is -4.01. The van der Waals surface area contributed by atoms with E-state index in [-0.39, 0.29) is 22.4 Å². The number of ether oxygens (including phenoxy) is 1. The molecule has 1 aliphatic rings. The summed E-state index contributed by atoms with van der Waals surface area (Å²) >= 11 is 6.30. The van der Waals surface area contributed by atoms with Crippen molar-refractivity contribution in [3.63, 3.8) is 0 Å². The summed E-state index contributed by atoms with van der Waals surface area (Å²) in [5.41, 5.74) is 1.45. The summed E-state index contributed by atoms with van der Waals surface area (Å²) < 4.78 is 33.5. The molecule has 37 heavy (non-hydrogen) atoms. The van der Waals surface area contributed by atoms with Gasteiger partial charge < -0.3 is 9.64 Å². The zero-order valence-electron chi connectivity index (χ0n) is 20.7. The maximum atomic E-state index is 13.6. The van der Waals surface area contributed by atoms with Crippen molar-refractivity contribution < 1.29 is 17.9 Å². The third-order valence-corrected chi connectivity index (χ3v) is 8.32. The summed E-state index contributed by atoms with van der Waals surface area (Å²) in [5, 5.41) is 0.262. The summed E-state index contributed by atoms with van der Waals surface area (Å²) in [5.74, 6) is 0.164. The molecule has 3 aromatic carbocycles. The molecule has 0 aliphatic carbocycles. The Labute approximate surface area is 223 Å². The lowest BCUT2D eigenvalue weighted by Crippen LogP contribution is -2.51. The summed E-state index contributed by atoms with van der Waals surface area (Å²) in [6.07, 6.45) is 4.21. The molecule has 1 fully saturated rings. The Bertz CT molecular complexity index is 1330. The highest BCUT2D eigenvalue weighted by atomic mass is 35.5. The lowest BCUT2D eigenvalue weighted by atomic mass is 10.2. The van der Waals surface area contributed by atoms with Crippen molar-refractivity contribution in [3.05, 3.63) is 95.5 Å². The van der Waals surface area contributed by atoms with Crippen LogP contribution in [0.2, 0.25) is 5.02 Å². The van der Waals surface area contributed by atoms with Gasteiger partial charge in [0.2, 0.25) is 5.91 Å². The first-order chi connectivity index (χ1) is 17.9. The molecule has 4 rings (SSSR count). The highest BCUT2D eigenvalue weighted by molar-refractivity contribution is 7.92. The number of sulfonamides is 1. The second-order valence-corrected chi connectivity index (χ2v) is 10.9. The average Bonchev–Trinajstić information content (AvgIpc) is 2.93. The lowest BCUT2D eigenvalue weighted by Gasteiger charge is -2.35. The van der Waals surface area contributed by atoms with Gasteiger partial charge >= 0.3 is 0 Å². The normalized spacial score (nSPS) is 14.6. The van der Waals surface area contributed by atoms with E-state index in [2.05, 4.69) is 29.2 Å². The number of carbonyl (C=O) groups is 1. The van der Waals surface area contributed by atoms with Crippen LogP contribution in [0.4, 0.5) is 5.69 Å². The molecule has 1 amide bonds. The number of anilines is 1. The molecule has 0 radical (unpaired) electrons. The van der Waals surface area contributed by atoms with Crippen LogP contribution in [0.1, 0.15) is 5.56 Å². The Balaban J connectivity index is 1.45. The first kappa shape index (κ1) is 26.7. The second kappa shape index (κ2) is 12.3. The summed E-state index contributed by atoms with van der Waals surface area (Å²) in [4.78, 5) is 17.4. The van der Waals surface area contributed by atoms with Gasteiger partial charge in [-0.2, -0.15) is 0 Å². The summed E-state index contributed by atoms with van der Waals surface area (Å²) in [6.45, 7) is 2.94. The zero-order chi connectivity index (χ0) is 26.3. The van der Waals surface area contributed by atoms with Crippen molar-refractivity contribution in [2.45, 2.75) is 4.90 Å². The number of carbonyl (C=O) groups excluding carboxylic acids is 1. The van der Waals surface area contributed by atoms with Gasteiger partial charge in [0, 0.05) is 32.7 Å². The quantitative estimate of drug-likeness (QED) is 0.403. The molecule has 0 bridgehead atoms. The molecule has 0 unspecified atom stereocenters. The number of nitrogens with zero attached hydrogens (tertiary/aromatic N) is 3. The van der Waals surface area contributed by atoms with E-state index in [0.29, 0.717) is 37.6 Å². The van der Waals surface area contributed by atoms with Gasteiger partial charge in [0.05, 0.1) is 22.7 Å². The van der Waals surface area contributed by atoms with Crippen molar-refractivity contribution in [1.29, 1.82) is 0 Å². The molecule has 7 nitrogen and oxygen atoms in total. The third kappa shape index (κ3) is 6.71. The predicted molar refractivity (Wildman–Crippen MR) is 147 cm³/mol. The molecule has 1 heterocycles. The second-order valence-electron chi connectivity index (χ2n) is 8.64. The van der Waals surface area contributed by atoms with E-state index in [1.807, 2.05) is 18.2 Å². The van der Waals surface area contributed by atoms with Crippen molar-refractivity contribution >= 4 is 39.3 Å². The molecular weight excluding hydrogens is 510 g/mol. The van der Waals surface area contributed by atoms with Gasteiger partial charge in [-0.25, -0.2) is 8.42 Å². The van der Waals surface area contributed by atoms with Crippen molar-refractivity contribution in [2.24, 2.45) is 0 Å². The van der Waals surface area contributed by atoms with Gasteiger partial charge in [0.25, 0.3) is 10.0 Å². The molecule has 0 atom stereocenters. The minimum absolute atomic E-state index is 0.102. The van der Waals surface area contributed by atoms with Gasteiger partial charge in [0.15, 0.2) is 0 Å².